The van der Waals surface area contributed by atoms with Gasteiger partial charge in [0.05, 0.1) is 11.7 Å². The second-order valence-corrected chi connectivity index (χ2v) is 5.91. The summed E-state index contributed by atoms with van der Waals surface area (Å²) in [6, 6.07) is -0.300. The number of amides is 1. The summed E-state index contributed by atoms with van der Waals surface area (Å²) in [4.78, 5) is 11.5. The average Bonchev–Trinajstić information content (AvgIpc) is 2.84. The SMILES string of the molecule is CC(C)(C)OC(=O)NCC(N)c1n[nH]c2c1CCC2. The Kier molecular flexibility index (Phi) is 3.80. The molecule has 106 valence electrons. The average molecular weight is 266 g/mol. The molecule has 1 aliphatic carbocycles. The monoisotopic (exact) mass is 266 g/mol. The third-order valence-corrected chi connectivity index (χ3v) is 3.05. The maximum Gasteiger partial charge on any atom is 0.407 e. The number of fused-ring (bicyclic) bond motifs is 1. The van der Waals surface area contributed by atoms with Crippen LogP contribution in [0.3, 0.4) is 0 Å². The zero-order valence-electron chi connectivity index (χ0n) is 11.7. The number of nitrogens with two attached hydrogens (primary N) is 1. The third-order valence-electron chi connectivity index (χ3n) is 3.05. The zero-order chi connectivity index (χ0) is 14.0. The van der Waals surface area contributed by atoms with E-state index in [1.54, 1.807) is 0 Å². The van der Waals surface area contributed by atoms with Gasteiger partial charge in [-0.05, 0) is 45.6 Å². The highest BCUT2D eigenvalue weighted by Gasteiger charge is 2.23. The van der Waals surface area contributed by atoms with Crippen molar-refractivity contribution in [2.45, 2.75) is 51.7 Å². The molecular weight excluding hydrogens is 244 g/mol. The largest absolute Gasteiger partial charge is 0.444 e. The molecular formula is C13H22N4O2. The van der Waals surface area contributed by atoms with Crippen molar-refractivity contribution in [1.29, 1.82) is 0 Å². The van der Waals surface area contributed by atoms with E-state index < -0.39 is 11.7 Å². The van der Waals surface area contributed by atoms with Crippen molar-refractivity contribution in [2.24, 2.45) is 5.73 Å². The van der Waals surface area contributed by atoms with Crippen molar-refractivity contribution in [3.63, 3.8) is 0 Å². The van der Waals surface area contributed by atoms with Gasteiger partial charge in [-0.25, -0.2) is 4.79 Å². The predicted molar refractivity (Wildman–Crippen MR) is 71.8 cm³/mol. The number of rotatable bonds is 3. The summed E-state index contributed by atoms with van der Waals surface area (Å²) in [5.74, 6) is 0. The Bertz CT molecular complexity index is 462. The first-order valence-corrected chi connectivity index (χ1v) is 6.65. The first kappa shape index (κ1) is 13.9. The molecule has 0 bridgehead atoms. The number of nitrogens with zero attached hydrogens (tertiary/aromatic N) is 1. The van der Waals surface area contributed by atoms with E-state index in [9.17, 15) is 4.79 Å². The molecule has 1 unspecified atom stereocenters. The van der Waals surface area contributed by atoms with Crippen LogP contribution in [0.2, 0.25) is 0 Å². The lowest BCUT2D eigenvalue weighted by molar-refractivity contribution is 0.0524. The molecule has 0 saturated carbocycles. The highest BCUT2D eigenvalue weighted by molar-refractivity contribution is 5.67. The Labute approximate surface area is 113 Å². The van der Waals surface area contributed by atoms with Crippen LogP contribution in [0, 0.1) is 0 Å². The summed E-state index contributed by atoms with van der Waals surface area (Å²) in [6.45, 7) is 5.81. The van der Waals surface area contributed by atoms with Gasteiger partial charge in [-0.2, -0.15) is 5.10 Å². The standard InChI is InChI=1S/C13H22N4O2/c1-13(2,3)19-12(18)15-7-9(14)11-8-5-4-6-10(8)16-17-11/h9H,4-7,14H2,1-3H3,(H,15,18)(H,16,17). The topological polar surface area (TPSA) is 93.0 Å². The van der Waals surface area contributed by atoms with Gasteiger partial charge in [-0.15, -0.1) is 0 Å². The van der Waals surface area contributed by atoms with Crippen LogP contribution < -0.4 is 11.1 Å². The van der Waals surface area contributed by atoms with Crippen molar-refractivity contribution < 1.29 is 9.53 Å². The lowest BCUT2D eigenvalue weighted by atomic mass is 10.1. The number of ether oxygens (including phenoxy) is 1. The van der Waals surface area contributed by atoms with Crippen molar-refractivity contribution in [3.05, 3.63) is 17.0 Å². The number of aryl methyl sites for hydroxylation is 1. The van der Waals surface area contributed by atoms with Crippen LogP contribution >= 0.6 is 0 Å². The second kappa shape index (κ2) is 5.21. The van der Waals surface area contributed by atoms with Crippen LogP contribution in [-0.4, -0.2) is 28.4 Å². The fourth-order valence-corrected chi connectivity index (χ4v) is 2.26. The summed E-state index contributed by atoms with van der Waals surface area (Å²) in [6.07, 6.45) is 2.74. The van der Waals surface area contributed by atoms with Crippen LogP contribution in [0.5, 0.6) is 0 Å². The Balaban J connectivity index is 1.88. The molecule has 4 N–H and O–H groups in total. The number of hydrogen-bond acceptors (Lipinski definition) is 4. The van der Waals surface area contributed by atoms with Crippen molar-refractivity contribution >= 4 is 6.09 Å². The number of aromatic nitrogens is 2. The quantitative estimate of drug-likeness (QED) is 0.771. The lowest BCUT2D eigenvalue weighted by Crippen LogP contribution is -2.36. The summed E-state index contributed by atoms with van der Waals surface area (Å²) in [7, 11) is 0. The highest BCUT2D eigenvalue weighted by Crippen LogP contribution is 2.25. The molecule has 0 saturated heterocycles. The first-order chi connectivity index (χ1) is 8.87. The number of carbonyl (C=O) groups is 1. The first-order valence-electron chi connectivity index (χ1n) is 6.65. The van der Waals surface area contributed by atoms with E-state index in [4.69, 9.17) is 10.5 Å². The summed E-state index contributed by atoms with van der Waals surface area (Å²) >= 11 is 0. The molecule has 1 aromatic heterocycles. The maximum atomic E-state index is 11.5. The molecule has 1 aliphatic rings. The van der Waals surface area contributed by atoms with E-state index in [-0.39, 0.29) is 6.04 Å². The smallest absolute Gasteiger partial charge is 0.407 e. The lowest BCUT2D eigenvalue weighted by Gasteiger charge is -2.20. The van der Waals surface area contributed by atoms with Gasteiger partial charge in [0.15, 0.2) is 0 Å². The number of H-pyrrole nitrogens is 1. The Morgan fingerprint density at radius 3 is 2.95 bits per heavy atom. The van der Waals surface area contributed by atoms with Crippen LogP contribution in [0.4, 0.5) is 4.79 Å². The molecule has 1 amide bonds. The molecule has 1 heterocycles. The Morgan fingerprint density at radius 2 is 2.26 bits per heavy atom. The molecule has 6 nitrogen and oxygen atoms in total. The van der Waals surface area contributed by atoms with Crippen molar-refractivity contribution in [3.8, 4) is 0 Å². The van der Waals surface area contributed by atoms with Gasteiger partial charge in [0, 0.05) is 12.2 Å². The van der Waals surface area contributed by atoms with Gasteiger partial charge in [-0.3, -0.25) is 5.10 Å². The van der Waals surface area contributed by atoms with Crippen molar-refractivity contribution in [1.82, 2.24) is 15.5 Å². The van der Waals surface area contributed by atoms with Gasteiger partial charge >= 0.3 is 6.09 Å². The third kappa shape index (κ3) is 3.47. The predicted octanol–water partition coefficient (Wildman–Crippen LogP) is 1.42. The Hall–Kier alpha value is -1.56. The van der Waals surface area contributed by atoms with Gasteiger partial charge < -0.3 is 15.8 Å². The van der Waals surface area contributed by atoms with E-state index >= 15 is 0 Å². The van der Waals surface area contributed by atoms with E-state index in [0.717, 1.165) is 25.0 Å². The maximum absolute atomic E-state index is 11.5. The van der Waals surface area contributed by atoms with Crippen LogP contribution in [0.25, 0.3) is 0 Å². The molecule has 0 radical (unpaired) electrons. The van der Waals surface area contributed by atoms with Gasteiger partial charge in [0.1, 0.15) is 5.60 Å². The number of alkyl carbamates (subject to hydrolysis) is 1. The summed E-state index contributed by atoms with van der Waals surface area (Å²) in [5, 5.41) is 9.95. The number of carbonyl (C=O) groups excluding carboxylic acids is 1. The molecule has 0 aromatic carbocycles. The minimum atomic E-state index is -0.498. The molecule has 1 aromatic rings. The number of nitrogens with one attached hydrogen (secondary N) is 2. The fourth-order valence-electron chi connectivity index (χ4n) is 2.26. The molecule has 19 heavy (non-hydrogen) atoms. The van der Waals surface area contributed by atoms with Gasteiger partial charge in [0.2, 0.25) is 0 Å². The number of hydrogen-bond donors (Lipinski definition) is 3. The minimum absolute atomic E-state index is 0.300. The van der Waals surface area contributed by atoms with Crippen LogP contribution in [0.1, 0.15) is 50.2 Å². The van der Waals surface area contributed by atoms with Crippen molar-refractivity contribution in [2.75, 3.05) is 6.54 Å². The summed E-state index contributed by atoms with van der Waals surface area (Å²) in [5.41, 5.74) is 8.84. The van der Waals surface area contributed by atoms with Gasteiger partial charge in [0.25, 0.3) is 0 Å². The van der Waals surface area contributed by atoms with Crippen LogP contribution in [-0.2, 0) is 17.6 Å². The molecule has 0 aliphatic heterocycles. The number of aromatic amines is 1. The van der Waals surface area contributed by atoms with Crippen LogP contribution in [0.15, 0.2) is 0 Å². The normalized spacial score (nSPS) is 16.0. The van der Waals surface area contributed by atoms with E-state index in [2.05, 4.69) is 15.5 Å². The minimum Gasteiger partial charge on any atom is -0.444 e. The fraction of sp³-hybridized carbons (Fsp3) is 0.692. The van der Waals surface area contributed by atoms with E-state index in [1.807, 2.05) is 20.8 Å². The van der Waals surface area contributed by atoms with Gasteiger partial charge in [-0.1, -0.05) is 0 Å². The van der Waals surface area contributed by atoms with E-state index in [1.165, 1.54) is 11.3 Å². The molecule has 1 atom stereocenters. The Morgan fingerprint density at radius 1 is 1.53 bits per heavy atom. The zero-order valence-corrected chi connectivity index (χ0v) is 11.7. The molecule has 6 heteroatoms. The highest BCUT2D eigenvalue weighted by atomic mass is 16.6. The molecule has 0 spiro atoms. The molecule has 0 fully saturated rings. The van der Waals surface area contributed by atoms with E-state index in [0.29, 0.717) is 6.54 Å². The summed E-state index contributed by atoms with van der Waals surface area (Å²) < 4.78 is 5.16. The molecule has 2 rings (SSSR count). The second-order valence-electron chi connectivity index (χ2n) is 5.91.